The van der Waals surface area contributed by atoms with E-state index in [0.29, 0.717) is 4.96 Å². The van der Waals surface area contributed by atoms with Crippen molar-refractivity contribution in [3.63, 3.8) is 0 Å². The molecule has 8 heteroatoms. The van der Waals surface area contributed by atoms with E-state index in [-0.39, 0.29) is 18.2 Å². The molecule has 2 aromatic rings. The van der Waals surface area contributed by atoms with Crippen LogP contribution in [0.15, 0.2) is 22.6 Å². The highest BCUT2D eigenvalue weighted by atomic mass is 32.1. The number of thiazole rings is 1. The van der Waals surface area contributed by atoms with Gasteiger partial charge in [0.25, 0.3) is 11.5 Å². The number of rotatable bonds is 5. The SMILES string of the molecule is CC(CN(C(=O)c1cnc2sccn2c1=O)C1CC1)C(=O)O. The molecule has 1 N–H and O–H groups in total. The number of carbonyl (C=O) groups excluding carboxylic acids is 1. The maximum atomic E-state index is 12.7. The highest BCUT2D eigenvalue weighted by molar-refractivity contribution is 7.15. The van der Waals surface area contributed by atoms with Crippen LogP contribution < -0.4 is 5.56 Å². The average Bonchev–Trinajstić information content (AvgIpc) is 3.20. The van der Waals surface area contributed by atoms with Gasteiger partial charge in [-0.3, -0.25) is 18.8 Å². The lowest BCUT2D eigenvalue weighted by Crippen LogP contribution is -2.41. The third-order valence-corrected chi connectivity index (χ3v) is 4.48. The minimum Gasteiger partial charge on any atom is -0.481 e. The molecule has 7 nitrogen and oxygen atoms in total. The molecule has 0 aromatic carbocycles. The van der Waals surface area contributed by atoms with E-state index in [1.807, 2.05) is 0 Å². The van der Waals surface area contributed by atoms with Gasteiger partial charge in [0.05, 0.1) is 5.92 Å². The maximum absolute atomic E-state index is 12.7. The first-order valence-corrected chi connectivity index (χ1v) is 7.85. The number of aromatic nitrogens is 2. The zero-order valence-corrected chi connectivity index (χ0v) is 12.7. The number of carboxylic acid groups (broad SMARTS) is 1. The molecule has 1 aliphatic carbocycles. The number of nitrogens with zero attached hydrogens (tertiary/aromatic N) is 3. The van der Waals surface area contributed by atoms with Crippen LogP contribution in [0.5, 0.6) is 0 Å². The van der Waals surface area contributed by atoms with Crippen molar-refractivity contribution in [3.8, 4) is 0 Å². The predicted octanol–water partition coefficient (Wildman–Crippen LogP) is 1.08. The van der Waals surface area contributed by atoms with Crippen molar-refractivity contribution in [2.45, 2.75) is 25.8 Å². The molecule has 2 heterocycles. The Morgan fingerprint density at radius 3 is 2.91 bits per heavy atom. The molecule has 3 rings (SSSR count). The molecule has 116 valence electrons. The lowest BCUT2D eigenvalue weighted by Gasteiger charge is -2.24. The second-order valence-corrected chi connectivity index (χ2v) is 6.33. The van der Waals surface area contributed by atoms with Gasteiger partial charge in [0, 0.05) is 30.4 Å². The summed E-state index contributed by atoms with van der Waals surface area (Å²) in [5.74, 6) is -2.07. The normalized spacial score (nSPS) is 15.7. The maximum Gasteiger partial charge on any atom is 0.308 e. The van der Waals surface area contributed by atoms with Crippen LogP contribution in [-0.4, -0.2) is 43.9 Å². The van der Waals surface area contributed by atoms with Crippen LogP contribution in [0, 0.1) is 5.92 Å². The summed E-state index contributed by atoms with van der Waals surface area (Å²) >= 11 is 1.31. The van der Waals surface area contributed by atoms with Gasteiger partial charge in [-0.2, -0.15) is 0 Å². The molecule has 0 saturated heterocycles. The Kier molecular flexibility index (Phi) is 3.69. The Morgan fingerprint density at radius 1 is 1.55 bits per heavy atom. The van der Waals surface area contributed by atoms with Gasteiger partial charge in [0.15, 0.2) is 4.96 Å². The van der Waals surface area contributed by atoms with Gasteiger partial charge < -0.3 is 10.0 Å². The van der Waals surface area contributed by atoms with Crippen LogP contribution in [0.2, 0.25) is 0 Å². The fourth-order valence-electron chi connectivity index (χ4n) is 2.28. The molecule has 0 spiro atoms. The standard InChI is InChI=1S/C14H15N3O4S/c1-8(13(20)21)7-17(9-2-3-9)12(19)10-6-15-14-16(11(10)18)4-5-22-14/h4-6,8-9H,2-3,7H2,1H3,(H,20,21). The van der Waals surface area contributed by atoms with E-state index in [9.17, 15) is 14.4 Å². The predicted molar refractivity (Wildman–Crippen MR) is 80.2 cm³/mol. The number of aliphatic carboxylic acids is 1. The van der Waals surface area contributed by atoms with Crippen LogP contribution in [0.4, 0.5) is 0 Å². The highest BCUT2D eigenvalue weighted by Gasteiger charge is 2.36. The molecule has 22 heavy (non-hydrogen) atoms. The minimum absolute atomic E-state index is 0.0135. The number of carbonyl (C=O) groups is 2. The molecule has 0 bridgehead atoms. The fourth-order valence-corrected chi connectivity index (χ4v) is 2.96. The minimum atomic E-state index is -0.957. The second-order valence-electron chi connectivity index (χ2n) is 5.46. The summed E-state index contributed by atoms with van der Waals surface area (Å²) < 4.78 is 1.34. The van der Waals surface area contributed by atoms with Crippen molar-refractivity contribution >= 4 is 28.2 Å². The van der Waals surface area contributed by atoms with Gasteiger partial charge in [0.1, 0.15) is 5.56 Å². The number of hydrogen-bond acceptors (Lipinski definition) is 5. The van der Waals surface area contributed by atoms with Crippen LogP contribution >= 0.6 is 11.3 Å². The Morgan fingerprint density at radius 2 is 2.27 bits per heavy atom. The first-order valence-electron chi connectivity index (χ1n) is 6.97. The van der Waals surface area contributed by atoms with Crippen molar-refractivity contribution in [1.82, 2.24) is 14.3 Å². The number of carboxylic acids is 1. The lowest BCUT2D eigenvalue weighted by atomic mass is 10.1. The Bertz CT molecular complexity index is 793. The van der Waals surface area contributed by atoms with E-state index in [1.165, 1.54) is 26.8 Å². The molecule has 1 amide bonds. The van der Waals surface area contributed by atoms with Crippen molar-refractivity contribution in [3.05, 3.63) is 33.7 Å². The Hall–Kier alpha value is -2.22. The summed E-state index contributed by atoms with van der Waals surface area (Å²) in [4.78, 5) is 42.2. The summed E-state index contributed by atoms with van der Waals surface area (Å²) in [7, 11) is 0. The van der Waals surface area contributed by atoms with Gasteiger partial charge in [-0.15, -0.1) is 11.3 Å². The fraction of sp³-hybridized carbons (Fsp3) is 0.429. The molecule has 2 aromatic heterocycles. The number of fused-ring (bicyclic) bond motifs is 1. The third-order valence-electron chi connectivity index (χ3n) is 3.71. The quantitative estimate of drug-likeness (QED) is 0.889. The van der Waals surface area contributed by atoms with Gasteiger partial charge >= 0.3 is 5.97 Å². The molecular weight excluding hydrogens is 306 g/mol. The molecule has 0 radical (unpaired) electrons. The van der Waals surface area contributed by atoms with E-state index >= 15 is 0 Å². The summed E-state index contributed by atoms with van der Waals surface area (Å²) in [6, 6.07) is 0.0249. The van der Waals surface area contributed by atoms with E-state index in [1.54, 1.807) is 18.5 Å². The van der Waals surface area contributed by atoms with Crippen molar-refractivity contribution < 1.29 is 14.7 Å². The summed E-state index contributed by atoms with van der Waals surface area (Å²) in [6.45, 7) is 1.66. The number of hydrogen-bond donors (Lipinski definition) is 1. The molecule has 1 atom stereocenters. The Labute approximate surface area is 129 Å². The topological polar surface area (TPSA) is 92.0 Å². The molecule has 1 saturated carbocycles. The monoisotopic (exact) mass is 321 g/mol. The van der Waals surface area contributed by atoms with Gasteiger partial charge in [0.2, 0.25) is 0 Å². The summed E-state index contributed by atoms with van der Waals surface area (Å²) in [5.41, 5.74) is -0.426. The zero-order valence-electron chi connectivity index (χ0n) is 11.9. The molecule has 1 aliphatic rings. The number of amides is 1. The van der Waals surface area contributed by atoms with Crippen molar-refractivity contribution in [1.29, 1.82) is 0 Å². The van der Waals surface area contributed by atoms with Gasteiger partial charge in [-0.1, -0.05) is 6.92 Å². The van der Waals surface area contributed by atoms with E-state index in [0.717, 1.165) is 12.8 Å². The molecular formula is C14H15N3O4S. The van der Waals surface area contributed by atoms with Crippen LogP contribution in [0.25, 0.3) is 4.96 Å². The zero-order chi connectivity index (χ0) is 15.9. The lowest BCUT2D eigenvalue weighted by molar-refractivity contribution is -0.141. The van der Waals surface area contributed by atoms with E-state index < -0.39 is 23.4 Å². The summed E-state index contributed by atoms with van der Waals surface area (Å²) in [5, 5.41) is 10.8. The van der Waals surface area contributed by atoms with E-state index in [4.69, 9.17) is 5.11 Å². The Balaban J connectivity index is 1.93. The highest BCUT2D eigenvalue weighted by Crippen LogP contribution is 2.28. The molecule has 1 fully saturated rings. The largest absolute Gasteiger partial charge is 0.481 e. The molecule has 1 unspecified atom stereocenters. The molecule has 0 aliphatic heterocycles. The van der Waals surface area contributed by atoms with E-state index in [2.05, 4.69) is 4.98 Å². The van der Waals surface area contributed by atoms with Crippen molar-refractivity contribution in [2.24, 2.45) is 5.92 Å². The van der Waals surface area contributed by atoms with Crippen LogP contribution in [-0.2, 0) is 4.79 Å². The first-order chi connectivity index (χ1) is 10.5. The van der Waals surface area contributed by atoms with Crippen molar-refractivity contribution in [2.75, 3.05) is 6.54 Å². The van der Waals surface area contributed by atoms with Gasteiger partial charge in [-0.25, -0.2) is 4.98 Å². The van der Waals surface area contributed by atoms with Gasteiger partial charge in [-0.05, 0) is 12.8 Å². The van der Waals surface area contributed by atoms with Crippen LogP contribution in [0.1, 0.15) is 30.1 Å². The third kappa shape index (κ3) is 2.61. The second kappa shape index (κ2) is 5.53. The first kappa shape index (κ1) is 14.7. The summed E-state index contributed by atoms with van der Waals surface area (Å²) in [6.07, 6.45) is 4.55. The average molecular weight is 321 g/mol. The smallest absolute Gasteiger partial charge is 0.308 e. The van der Waals surface area contributed by atoms with Crippen LogP contribution in [0.3, 0.4) is 0 Å².